The number of nitrogens with one attached hydrogen (secondary N) is 1. The number of carbonyl (C=O) groups is 1. The summed E-state index contributed by atoms with van der Waals surface area (Å²) < 4.78 is 0. The van der Waals surface area contributed by atoms with Gasteiger partial charge in [-0.2, -0.15) is 0 Å². The number of carbonyl (C=O) groups excluding carboxylic acids is 1. The summed E-state index contributed by atoms with van der Waals surface area (Å²) in [5, 5.41) is 3.51. The molecule has 0 aromatic rings. The molecular formula is C15H27N3O. The van der Waals surface area contributed by atoms with Gasteiger partial charge >= 0.3 is 0 Å². The fourth-order valence-electron chi connectivity index (χ4n) is 4.21. The van der Waals surface area contributed by atoms with Crippen LogP contribution in [0.1, 0.15) is 52.4 Å². The van der Waals surface area contributed by atoms with Crippen LogP contribution in [0.15, 0.2) is 0 Å². The van der Waals surface area contributed by atoms with Gasteiger partial charge in [-0.05, 0) is 45.1 Å². The average Bonchev–Trinajstić information content (AvgIpc) is 3.01. The molecule has 0 saturated carbocycles. The average molecular weight is 265 g/mol. The fourth-order valence-corrected chi connectivity index (χ4v) is 4.21. The Balaban J connectivity index is 1.71. The van der Waals surface area contributed by atoms with Crippen molar-refractivity contribution in [1.82, 2.24) is 15.1 Å². The molecule has 0 spiro atoms. The summed E-state index contributed by atoms with van der Waals surface area (Å²) in [4.78, 5) is 17.4. The third-order valence-corrected chi connectivity index (χ3v) is 5.26. The molecule has 3 heterocycles. The predicted molar refractivity (Wildman–Crippen MR) is 75.8 cm³/mol. The molecule has 0 radical (unpaired) electrons. The van der Waals surface area contributed by atoms with Crippen LogP contribution < -0.4 is 5.32 Å². The Bertz CT molecular complexity index is 346. The lowest BCUT2D eigenvalue weighted by Crippen LogP contribution is -2.51. The van der Waals surface area contributed by atoms with Crippen molar-refractivity contribution in [3.05, 3.63) is 0 Å². The van der Waals surface area contributed by atoms with Gasteiger partial charge in [0.1, 0.15) is 0 Å². The van der Waals surface area contributed by atoms with Crippen molar-refractivity contribution < 1.29 is 4.79 Å². The highest BCUT2D eigenvalue weighted by molar-refractivity contribution is 5.84. The van der Waals surface area contributed by atoms with Gasteiger partial charge in [-0.25, -0.2) is 0 Å². The van der Waals surface area contributed by atoms with Gasteiger partial charge in [-0.15, -0.1) is 0 Å². The van der Waals surface area contributed by atoms with Gasteiger partial charge in [-0.3, -0.25) is 10.1 Å². The van der Waals surface area contributed by atoms with E-state index in [1.807, 2.05) is 0 Å². The molecule has 3 aliphatic rings. The van der Waals surface area contributed by atoms with Crippen LogP contribution in [0.3, 0.4) is 0 Å². The maximum atomic E-state index is 12.5. The quantitative estimate of drug-likeness (QED) is 0.841. The van der Waals surface area contributed by atoms with E-state index in [1.54, 1.807) is 0 Å². The zero-order valence-electron chi connectivity index (χ0n) is 12.3. The van der Waals surface area contributed by atoms with Crippen LogP contribution in [0.4, 0.5) is 0 Å². The SMILES string of the molecule is CCC1NC(CC)N(C2CCN3CCCC3C2)C1=O. The molecule has 3 rings (SSSR count). The molecule has 0 aromatic heterocycles. The minimum Gasteiger partial charge on any atom is -0.323 e. The van der Waals surface area contributed by atoms with Crippen LogP contribution in [-0.4, -0.2) is 53.1 Å². The van der Waals surface area contributed by atoms with E-state index in [-0.39, 0.29) is 12.2 Å². The molecule has 0 aliphatic carbocycles. The van der Waals surface area contributed by atoms with Gasteiger partial charge in [0.25, 0.3) is 0 Å². The molecule has 0 aromatic carbocycles. The lowest BCUT2D eigenvalue weighted by atomic mass is 9.95. The third kappa shape index (κ3) is 2.29. The van der Waals surface area contributed by atoms with E-state index in [0.29, 0.717) is 11.9 Å². The predicted octanol–water partition coefficient (Wildman–Crippen LogP) is 1.56. The number of piperidine rings is 1. The Morgan fingerprint density at radius 1 is 1.16 bits per heavy atom. The zero-order chi connectivity index (χ0) is 13.4. The van der Waals surface area contributed by atoms with Crippen LogP contribution in [0.2, 0.25) is 0 Å². The molecule has 3 saturated heterocycles. The molecule has 108 valence electrons. The molecule has 3 fully saturated rings. The number of hydrogen-bond donors (Lipinski definition) is 1. The van der Waals surface area contributed by atoms with E-state index in [9.17, 15) is 4.79 Å². The highest BCUT2D eigenvalue weighted by atomic mass is 16.2. The summed E-state index contributed by atoms with van der Waals surface area (Å²) in [7, 11) is 0. The Morgan fingerprint density at radius 3 is 2.74 bits per heavy atom. The van der Waals surface area contributed by atoms with E-state index in [2.05, 4.69) is 29.0 Å². The van der Waals surface area contributed by atoms with Gasteiger partial charge in [0.15, 0.2) is 0 Å². The highest BCUT2D eigenvalue weighted by Crippen LogP contribution is 2.32. The Kier molecular flexibility index (Phi) is 3.81. The summed E-state index contributed by atoms with van der Waals surface area (Å²) in [5.41, 5.74) is 0. The van der Waals surface area contributed by atoms with Crippen LogP contribution in [0.25, 0.3) is 0 Å². The molecule has 1 N–H and O–H groups in total. The van der Waals surface area contributed by atoms with Crippen LogP contribution in [0, 0.1) is 0 Å². The van der Waals surface area contributed by atoms with Crippen molar-refractivity contribution in [3.8, 4) is 0 Å². The lowest BCUT2D eigenvalue weighted by Gasteiger charge is -2.41. The van der Waals surface area contributed by atoms with Gasteiger partial charge < -0.3 is 9.80 Å². The van der Waals surface area contributed by atoms with Crippen molar-refractivity contribution in [2.75, 3.05) is 13.1 Å². The maximum absolute atomic E-state index is 12.5. The third-order valence-electron chi connectivity index (χ3n) is 5.26. The van der Waals surface area contributed by atoms with Crippen molar-refractivity contribution in [2.45, 2.75) is 76.7 Å². The molecule has 1 amide bonds. The first-order valence-corrected chi connectivity index (χ1v) is 8.06. The van der Waals surface area contributed by atoms with Crippen molar-refractivity contribution in [3.63, 3.8) is 0 Å². The van der Waals surface area contributed by atoms with E-state index >= 15 is 0 Å². The Hall–Kier alpha value is -0.610. The first kappa shape index (κ1) is 13.4. The topological polar surface area (TPSA) is 35.6 Å². The summed E-state index contributed by atoms with van der Waals surface area (Å²) in [6, 6.07) is 1.28. The second-order valence-corrected chi connectivity index (χ2v) is 6.31. The molecule has 0 bridgehead atoms. The van der Waals surface area contributed by atoms with Crippen LogP contribution in [-0.2, 0) is 4.79 Å². The van der Waals surface area contributed by atoms with Crippen LogP contribution >= 0.6 is 0 Å². The zero-order valence-corrected chi connectivity index (χ0v) is 12.3. The lowest BCUT2D eigenvalue weighted by molar-refractivity contribution is -0.133. The normalized spacial score (nSPS) is 39.9. The Morgan fingerprint density at radius 2 is 2.00 bits per heavy atom. The maximum Gasteiger partial charge on any atom is 0.241 e. The molecule has 3 aliphatic heterocycles. The fraction of sp³-hybridized carbons (Fsp3) is 0.933. The number of nitrogens with zero attached hydrogens (tertiary/aromatic N) is 2. The number of amides is 1. The molecule has 4 heteroatoms. The van der Waals surface area contributed by atoms with E-state index in [0.717, 1.165) is 25.3 Å². The van der Waals surface area contributed by atoms with Gasteiger partial charge in [-0.1, -0.05) is 13.8 Å². The standard InChI is InChI=1S/C15H27N3O/c1-3-13-15(19)18(14(4-2)16-13)12-7-9-17-8-5-6-11(17)10-12/h11-14,16H,3-10H2,1-2H3. The minimum absolute atomic E-state index is 0.0616. The summed E-state index contributed by atoms with van der Waals surface area (Å²) in [6.07, 6.45) is 7.24. The number of rotatable bonds is 3. The molecule has 4 atom stereocenters. The number of fused-ring (bicyclic) bond motifs is 1. The largest absolute Gasteiger partial charge is 0.323 e. The van der Waals surface area contributed by atoms with Crippen molar-refractivity contribution in [2.24, 2.45) is 0 Å². The van der Waals surface area contributed by atoms with Gasteiger partial charge in [0, 0.05) is 18.6 Å². The monoisotopic (exact) mass is 265 g/mol. The van der Waals surface area contributed by atoms with Gasteiger partial charge in [0.2, 0.25) is 5.91 Å². The number of hydrogen-bond acceptors (Lipinski definition) is 3. The molecule has 19 heavy (non-hydrogen) atoms. The summed E-state index contributed by atoms with van der Waals surface area (Å²) >= 11 is 0. The summed E-state index contributed by atoms with van der Waals surface area (Å²) in [5.74, 6) is 0.353. The van der Waals surface area contributed by atoms with Gasteiger partial charge in [0.05, 0.1) is 12.2 Å². The van der Waals surface area contributed by atoms with E-state index in [4.69, 9.17) is 0 Å². The Labute approximate surface area is 116 Å². The molecule has 4 unspecified atom stereocenters. The molecular weight excluding hydrogens is 238 g/mol. The van der Waals surface area contributed by atoms with E-state index < -0.39 is 0 Å². The van der Waals surface area contributed by atoms with Crippen LogP contribution in [0.5, 0.6) is 0 Å². The summed E-state index contributed by atoms with van der Waals surface area (Å²) in [6.45, 7) is 6.75. The van der Waals surface area contributed by atoms with E-state index in [1.165, 1.54) is 32.4 Å². The first-order valence-electron chi connectivity index (χ1n) is 8.06. The van der Waals surface area contributed by atoms with Crippen molar-refractivity contribution in [1.29, 1.82) is 0 Å². The second kappa shape index (κ2) is 5.41. The highest BCUT2D eigenvalue weighted by Gasteiger charge is 2.43. The minimum atomic E-state index is 0.0616. The van der Waals surface area contributed by atoms with Crippen molar-refractivity contribution >= 4 is 5.91 Å². The second-order valence-electron chi connectivity index (χ2n) is 6.31. The first-order chi connectivity index (χ1) is 9.24. The smallest absolute Gasteiger partial charge is 0.241 e. The molecule has 4 nitrogen and oxygen atoms in total.